The SMILES string of the molecule is Cc1ccc(-c2nc(-c3ccc(C)cc3O)nc(-c3ncccc3O)n2)c(C)c1. The fourth-order valence-electron chi connectivity index (χ4n) is 3.19. The minimum absolute atomic E-state index is 0.0237. The van der Waals surface area contributed by atoms with Crippen LogP contribution in [-0.2, 0) is 0 Å². The van der Waals surface area contributed by atoms with E-state index in [1.807, 2.05) is 39.0 Å². The Morgan fingerprint density at radius 3 is 1.93 bits per heavy atom. The first-order valence-corrected chi connectivity index (χ1v) is 9.20. The number of aryl methyl sites for hydroxylation is 3. The third kappa shape index (κ3) is 3.65. The molecule has 2 aromatic carbocycles. The maximum Gasteiger partial charge on any atom is 0.186 e. The normalized spacial score (nSPS) is 10.9. The molecule has 4 aromatic rings. The molecule has 0 aliphatic carbocycles. The Kier molecular flexibility index (Phi) is 4.68. The van der Waals surface area contributed by atoms with Crippen LogP contribution in [0.15, 0.2) is 54.7 Å². The fourth-order valence-corrected chi connectivity index (χ4v) is 3.19. The predicted octanol–water partition coefficient (Wildman–Crippen LogP) is 4.60. The molecule has 2 aromatic heterocycles. The number of rotatable bonds is 3. The van der Waals surface area contributed by atoms with Crippen LogP contribution in [0.25, 0.3) is 34.3 Å². The first kappa shape index (κ1) is 18.6. The van der Waals surface area contributed by atoms with Gasteiger partial charge in [0.25, 0.3) is 0 Å². The summed E-state index contributed by atoms with van der Waals surface area (Å²) in [6, 6.07) is 14.5. The van der Waals surface area contributed by atoms with E-state index in [0.717, 1.165) is 22.3 Å². The van der Waals surface area contributed by atoms with Crippen LogP contribution in [0.2, 0.25) is 0 Å². The molecular formula is C23H20N4O2. The van der Waals surface area contributed by atoms with Gasteiger partial charge in [-0.2, -0.15) is 0 Å². The fraction of sp³-hybridized carbons (Fsp3) is 0.130. The van der Waals surface area contributed by atoms with Crippen molar-refractivity contribution in [2.45, 2.75) is 20.8 Å². The Bertz CT molecular complexity index is 1150. The summed E-state index contributed by atoms with van der Waals surface area (Å²) in [6.07, 6.45) is 1.57. The quantitative estimate of drug-likeness (QED) is 0.536. The van der Waals surface area contributed by atoms with Crippen LogP contribution in [0.4, 0.5) is 0 Å². The zero-order chi connectivity index (χ0) is 20.5. The number of pyridine rings is 1. The molecule has 2 N–H and O–H groups in total. The minimum atomic E-state index is -0.0237. The lowest BCUT2D eigenvalue weighted by atomic mass is 10.0. The van der Waals surface area contributed by atoms with E-state index in [2.05, 4.69) is 26.0 Å². The Balaban J connectivity index is 1.98. The Morgan fingerprint density at radius 1 is 0.655 bits per heavy atom. The van der Waals surface area contributed by atoms with Gasteiger partial charge >= 0.3 is 0 Å². The average molecular weight is 384 g/mol. The number of hydrogen-bond donors (Lipinski definition) is 2. The van der Waals surface area contributed by atoms with Crippen molar-refractivity contribution in [1.82, 2.24) is 19.9 Å². The predicted molar refractivity (Wildman–Crippen MR) is 111 cm³/mol. The van der Waals surface area contributed by atoms with Crippen molar-refractivity contribution in [1.29, 1.82) is 0 Å². The lowest BCUT2D eigenvalue weighted by Gasteiger charge is -2.11. The number of phenolic OH excluding ortho intramolecular Hbond substituents is 1. The molecular weight excluding hydrogens is 364 g/mol. The summed E-state index contributed by atoms with van der Waals surface area (Å²) in [6.45, 7) is 5.92. The number of aromatic nitrogens is 4. The van der Waals surface area contributed by atoms with E-state index in [1.54, 1.807) is 24.4 Å². The van der Waals surface area contributed by atoms with Crippen LogP contribution in [0.5, 0.6) is 11.5 Å². The van der Waals surface area contributed by atoms with E-state index in [4.69, 9.17) is 0 Å². The highest BCUT2D eigenvalue weighted by molar-refractivity contribution is 5.71. The van der Waals surface area contributed by atoms with Gasteiger partial charge in [0.2, 0.25) is 0 Å². The van der Waals surface area contributed by atoms with Crippen LogP contribution in [0.3, 0.4) is 0 Å². The summed E-state index contributed by atoms with van der Waals surface area (Å²) in [5.41, 5.74) is 4.68. The van der Waals surface area contributed by atoms with Crippen molar-refractivity contribution in [3.05, 3.63) is 71.4 Å². The summed E-state index contributed by atoms with van der Waals surface area (Å²) in [5, 5.41) is 20.7. The van der Waals surface area contributed by atoms with Crippen molar-refractivity contribution in [3.8, 4) is 45.8 Å². The molecule has 0 atom stereocenters. The standard InChI is InChI=1S/C23H20N4O2/c1-13-6-8-16(15(3)11-13)21-25-22(17-9-7-14(2)12-19(17)29)27-23(26-21)20-18(28)5-4-10-24-20/h4-12,28-29H,1-3H3. The van der Waals surface area contributed by atoms with E-state index in [0.29, 0.717) is 17.2 Å². The van der Waals surface area contributed by atoms with Crippen LogP contribution < -0.4 is 0 Å². The van der Waals surface area contributed by atoms with Crippen molar-refractivity contribution >= 4 is 0 Å². The highest BCUT2D eigenvalue weighted by Crippen LogP contribution is 2.32. The summed E-state index contributed by atoms with van der Waals surface area (Å²) >= 11 is 0. The number of hydrogen-bond acceptors (Lipinski definition) is 6. The van der Waals surface area contributed by atoms with Gasteiger partial charge in [-0.05, 0) is 56.2 Å². The topological polar surface area (TPSA) is 92.0 Å². The summed E-state index contributed by atoms with van der Waals surface area (Å²) < 4.78 is 0. The highest BCUT2D eigenvalue weighted by Gasteiger charge is 2.18. The van der Waals surface area contributed by atoms with Crippen LogP contribution in [-0.4, -0.2) is 30.1 Å². The van der Waals surface area contributed by atoms with Crippen molar-refractivity contribution in [2.24, 2.45) is 0 Å². The second-order valence-corrected chi connectivity index (χ2v) is 7.02. The van der Waals surface area contributed by atoms with E-state index < -0.39 is 0 Å². The molecule has 0 aliphatic rings. The smallest absolute Gasteiger partial charge is 0.186 e. The van der Waals surface area contributed by atoms with Crippen LogP contribution in [0, 0.1) is 20.8 Å². The number of phenols is 1. The number of benzene rings is 2. The van der Waals surface area contributed by atoms with Gasteiger partial charge in [-0.15, -0.1) is 0 Å². The largest absolute Gasteiger partial charge is 0.507 e. The van der Waals surface area contributed by atoms with Gasteiger partial charge in [0.1, 0.15) is 17.2 Å². The summed E-state index contributed by atoms with van der Waals surface area (Å²) in [7, 11) is 0. The maximum atomic E-state index is 10.4. The lowest BCUT2D eigenvalue weighted by molar-refractivity contribution is 0.474. The first-order chi connectivity index (χ1) is 13.9. The molecule has 0 saturated carbocycles. The molecule has 0 fully saturated rings. The molecule has 2 heterocycles. The molecule has 29 heavy (non-hydrogen) atoms. The van der Waals surface area contributed by atoms with E-state index >= 15 is 0 Å². The first-order valence-electron chi connectivity index (χ1n) is 9.20. The lowest BCUT2D eigenvalue weighted by Crippen LogP contribution is -2.02. The third-order valence-corrected chi connectivity index (χ3v) is 4.65. The molecule has 6 heteroatoms. The molecule has 0 bridgehead atoms. The monoisotopic (exact) mass is 384 g/mol. The van der Waals surface area contributed by atoms with Gasteiger partial charge in [0.15, 0.2) is 17.5 Å². The highest BCUT2D eigenvalue weighted by atomic mass is 16.3. The molecule has 0 saturated heterocycles. The maximum absolute atomic E-state index is 10.4. The second-order valence-electron chi connectivity index (χ2n) is 7.02. The average Bonchev–Trinajstić information content (AvgIpc) is 2.68. The van der Waals surface area contributed by atoms with Crippen molar-refractivity contribution < 1.29 is 10.2 Å². The summed E-state index contributed by atoms with van der Waals surface area (Å²) in [4.78, 5) is 17.9. The van der Waals surface area contributed by atoms with E-state index in [1.165, 1.54) is 6.07 Å². The summed E-state index contributed by atoms with van der Waals surface area (Å²) in [5.74, 6) is 1.06. The number of nitrogens with zero attached hydrogens (tertiary/aromatic N) is 4. The Morgan fingerprint density at radius 2 is 1.28 bits per heavy atom. The van der Waals surface area contributed by atoms with Crippen molar-refractivity contribution in [2.75, 3.05) is 0 Å². The van der Waals surface area contributed by atoms with E-state index in [9.17, 15) is 10.2 Å². The molecule has 0 aliphatic heterocycles. The molecule has 0 spiro atoms. The molecule has 6 nitrogen and oxygen atoms in total. The molecule has 0 radical (unpaired) electrons. The number of aromatic hydroxyl groups is 2. The Labute approximate surface area is 168 Å². The third-order valence-electron chi connectivity index (χ3n) is 4.65. The van der Waals surface area contributed by atoms with Gasteiger partial charge in [-0.3, -0.25) is 0 Å². The Hall–Kier alpha value is -3.80. The molecule has 144 valence electrons. The molecule has 4 rings (SSSR count). The van der Waals surface area contributed by atoms with Crippen LogP contribution in [0.1, 0.15) is 16.7 Å². The van der Waals surface area contributed by atoms with Crippen LogP contribution >= 0.6 is 0 Å². The minimum Gasteiger partial charge on any atom is -0.507 e. The van der Waals surface area contributed by atoms with Gasteiger partial charge < -0.3 is 10.2 Å². The van der Waals surface area contributed by atoms with Gasteiger partial charge in [0, 0.05) is 11.8 Å². The van der Waals surface area contributed by atoms with Crippen molar-refractivity contribution in [3.63, 3.8) is 0 Å². The van der Waals surface area contributed by atoms with Gasteiger partial charge in [0.05, 0.1) is 5.56 Å². The zero-order valence-corrected chi connectivity index (χ0v) is 16.4. The van der Waals surface area contributed by atoms with Gasteiger partial charge in [-0.25, -0.2) is 19.9 Å². The van der Waals surface area contributed by atoms with E-state index in [-0.39, 0.29) is 23.0 Å². The second kappa shape index (κ2) is 7.31. The zero-order valence-electron chi connectivity index (χ0n) is 16.4. The molecule has 0 unspecified atom stereocenters. The van der Waals surface area contributed by atoms with Gasteiger partial charge in [-0.1, -0.05) is 29.8 Å². The molecule has 0 amide bonds.